The van der Waals surface area contributed by atoms with Crippen molar-refractivity contribution in [1.29, 1.82) is 0 Å². The molecule has 0 unspecified atom stereocenters. The standard InChI is InChI=1S/C15H13N5/c1-20(18-10-12-6-4-5-9-16-12)15-11-17-13-7-2-3-8-14(13)19-15/h2-11H,1H3/b18-10+. The first-order chi connectivity index (χ1) is 9.83. The fourth-order valence-corrected chi connectivity index (χ4v) is 1.76. The van der Waals surface area contributed by atoms with Gasteiger partial charge in [0.15, 0.2) is 5.82 Å². The van der Waals surface area contributed by atoms with E-state index in [2.05, 4.69) is 20.1 Å². The summed E-state index contributed by atoms with van der Waals surface area (Å²) in [6.45, 7) is 0. The van der Waals surface area contributed by atoms with E-state index in [9.17, 15) is 0 Å². The molecule has 20 heavy (non-hydrogen) atoms. The molecule has 0 atom stereocenters. The van der Waals surface area contributed by atoms with Crippen LogP contribution >= 0.6 is 0 Å². The molecule has 0 N–H and O–H groups in total. The third-order valence-corrected chi connectivity index (χ3v) is 2.82. The molecular weight excluding hydrogens is 250 g/mol. The summed E-state index contributed by atoms with van der Waals surface area (Å²) in [5, 5.41) is 5.99. The summed E-state index contributed by atoms with van der Waals surface area (Å²) in [6, 6.07) is 13.4. The van der Waals surface area contributed by atoms with Crippen molar-refractivity contribution in [2.45, 2.75) is 0 Å². The molecule has 1 aromatic carbocycles. The zero-order valence-corrected chi connectivity index (χ0v) is 11.0. The molecule has 0 spiro atoms. The van der Waals surface area contributed by atoms with Gasteiger partial charge in [-0.2, -0.15) is 5.10 Å². The van der Waals surface area contributed by atoms with Crippen LogP contribution in [0.2, 0.25) is 0 Å². The van der Waals surface area contributed by atoms with E-state index in [4.69, 9.17) is 0 Å². The summed E-state index contributed by atoms with van der Waals surface area (Å²) in [4.78, 5) is 13.1. The van der Waals surface area contributed by atoms with Gasteiger partial charge in [-0.3, -0.25) is 9.97 Å². The van der Waals surface area contributed by atoms with Crippen LogP contribution in [0.25, 0.3) is 11.0 Å². The summed E-state index contributed by atoms with van der Waals surface area (Å²) in [5.41, 5.74) is 2.52. The minimum absolute atomic E-state index is 0.691. The van der Waals surface area contributed by atoms with Gasteiger partial charge in [-0.15, -0.1) is 0 Å². The number of pyridine rings is 1. The fourth-order valence-electron chi connectivity index (χ4n) is 1.76. The first-order valence-corrected chi connectivity index (χ1v) is 6.23. The van der Waals surface area contributed by atoms with Crippen LogP contribution in [0, 0.1) is 0 Å². The average Bonchev–Trinajstić information content (AvgIpc) is 2.53. The molecule has 0 bridgehead atoms. The second-order valence-corrected chi connectivity index (χ2v) is 4.24. The Balaban J connectivity index is 1.85. The van der Waals surface area contributed by atoms with Crippen LogP contribution in [-0.2, 0) is 0 Å². The smallest absolute Gasteiger partial charge is 0.167 e. The lowest BCUT2D eigenvalue weighted by atomic mass is 10.3. The highest BCUT2D eigenvalue weighted by Gasteiger charge is 2.02. The van der Waals surface area contributed by atoms with Gasteiger partial charge >= 0.3 is 0 Å². The Bertz CT molecular complexity index is 739. The van der Waals surface area contributed by atoms with Crippen molar-refractivity contribution in [2.75, 3.05) is 12.1 Å². The van der Waals surface area contributed by atoms with Crippen LogP contribution in [-0.4, -0.2) is 28.2 Å². The van der Waals surface area contributed by atoms with Gasteiger partial charge in [0, 0.05) is 13.2 Å². The van der Waals surface area contributed by atoms with Crippen LogP contribution in [0.1, 0.15) is 5.69 Å². The minimum Gasteiger partial charge on any atom is -0.255 e. The van der Waals surface area contributed by atoms with Gasteiger partial charge in [0.1, 0.15) is 0 Å². The molecule has 0 fully saturated rings. The van der Waals surface area contributed by atoms with Crippen molar-refractivity contribution >= 4 is 23.1 Å². The zero-order valence-electron chi connectivity index (χ0n) is 11.0. The highest BCUT2D eigenvalue weighted by atomic mass is 15.5. The third-order valence-electron chi connectivity index (χ3n) is 2.82. The van der Waals surface area contributed by atoms with E-state index < -0.39 is 0 Å². The SMILES string of the molecule is CN(/N=C/c1ccccn1)c1cnc2ccccc2n1. The Hall–Kier alpha value is -2.82. The Morgan fingerprint density at radius 3 is 2.60 bits per heavy atom. The summed E-state index contributed by atoms with van der Waals surface area (Å²) >= 11 is 0. The Kier molecular flexibility index (Phi) is 3.33. The van der Waals surface area contributed by atoms with Crippen molar-refractivity contribution in [1.82, 2.24) is 15.0 Å². The molecule has 0 amide bonds. The number of nitrogens with zero attached hydrogens (tertiary/aromatic N) is 5. The van der Waals surface area contributed by atoms with E-state index in [1.807, 2.05) is 49.5 Å². The average molecular weight is 263 g/mol. The molecular formula is C15H13N5. The maximum atomic E-state index is 4.52. The van der Waals surface area contributed by atoms with Crippen molar-refractivity contribution in [3.63, 3.8) is 0 Å². The number of hydrazone groups is 1. The number of anilines is 1. The minimum atomic E-state index is 0.691. The second kappa shape index (κ2) is 5.44. The summed E-state index contributed by atoms with van der Waals surface area (Å²) in [7, 11) is 1.83. The van der Waals surface area contributed by atoms with Gasteiger partial charge in [-0.1, -0.05) is 18.2 Å². The Morgan fingerprint density at radius 1 is 1.00 bits per heavy atom. The predicted octanol–water partition coefficient (Wildman–Crippen LogP) is 2.50. The largest absolute Gasteiger partial charge is 0.255 e. The maximum absolute atomic E-state index is 4.52. The highest BCUT2D eigenvalue weighted by Crippen LogP contribution is 2.14. The molecule has 0 saturated heterocycles. The topological polar surface area (TPSA) is 54.3 Å². The molecule has 0 aliphatic heterocycles. The Labute approximate surface area is 116 Å². The van der Waals surface area contributed by atoms with Crippen molar-refractivity contribution < 1.29 is 0 Å². The molecule has 0 aliphatic carbocycles. The number of hydrogen-bond donors (Lipinski definition) is 0. The number of rotatable bonds is 3. The molecule has 5 heteroatoms. The molecule has 5 nitrogen and oxygen atoms in total. The highest BCUT2D eigenvalue weighted by molar-refractivity contribution is 5.78. The first-order valence-electron chi connectivity index (χ1n) is 6.23. The van der Waals surface area contributed by atoms with E-state index in [0.29, 0.717) is 5.82 Å². The maximum Gasteiger partial charge on any atom is 0.167 e. The zero-order chi connectivity index (χ0) is 13.8. The fraction of sp³-hybridized carbons (Fsp3) is 0.0667. The molecule has 0 saturated carbocycles. The number of benzene rings is 1. The second-order valence-electron chi connectivity index (χ2n) is 4.24. The van der Waals surface area contributed by atoms with Crippen LogP contribution in [0.4, 0.5) is 5.82 Å². The molecule has 0 radical (unpaired) electrons. The van der Waals surface area contributed by atoms with Crippen LogP contribution in [0.5, 0.6) is 0 Å². The van der Waals surface area contributed by atoms with E-state index in [1.54, 1.807) is 23.6 Å². The van der Waals surface area contributed by atoms with E-state index in [-0.39, 0.29) is 0 Å². The predicted molar refractivity (Wildman–Crippen MR) is 79.8 cm³/mol. The molecule has 0 aliphatic rings. The van der Waals surface area contributed by atoms with Gasteiger partial charge in [0.25, 0.3) is 0 Å². The Morgan fingerprint density at radius 2 is 1.80 bits per heavy atom. The monoisotopic (exact) mass is 263 g/mol. The normalized spacial score (nSPS) is 11.1. The number of hydrogen-bond acceptors (Lipinski definition) is 5. The molecule has 3 rings (SSSR count). The number of fused-ring (bicyclic) bond motifs is 1. The van der Waals surface area contributed by atoms with Crippen molar-refractivity contribution in [2.24, 2.45) is 5.10 Å². The molecule has 2 aromatic heterocycles. The van der Waals surface area contributed by atoms with Gasteiger partial charge in [0.05, 0.1) is 29.1 Å². The van der Waals surface area contributed by atoms with Crippen molar-refractivity contribution in [3.05, 3.63) is 60.6 Å². The van der Waals surface area contributed by atoms with Crippen LogP contribution in [0.15, 0.2) is 60.0 Å². The summed E-state index contributed by atoms with van der Waals surface area (Å²) in [6.07, 6.45) is 5.13. The third kappa shape index (κ3) is 2.61. The number of aromatic nitrogens is 3. The van der Waals surface area contributed by atoms with Crippen LogP contribution in [0.3, 0.4) is 0 Å². The lowest BCUT2D eigenvalue weighted by Gasteiger charge is -2.11. The van der Waals surface area contributed by atoms with E-state index >= 15 is 0 Å². The van der Waals surface area contributed by atoms with Crippen molar-refractivity contribution in [3.8, 4) is 0 Å². The van der Waals surface area contributed by atoms with Gasteiger partial charge in [-0.05, 0) is 24.3 Å². The van der Waals surface area contributed by atoms with E-state index in [0.717, 1.165) is 16.7 Å². The molecule has 2 heterocycles. The quantitative estimate of drug-likeness (QED) is 0.538. The molecule has 3 aromatic rings. The molecule has 98 valence electrons. The van der Waals surface area contributed by atoms with E-state index in [1.165, 1.54) is 0 Å². The van der Waals surface area contributed by atoms with Gasteiger partial charge < -0.3 is 0 Å². The number of para-hydroxylation sites is 2. The van der Waals surface area contributed by atoms with Gasteiger partial charge in [-0.25, -0.2) is 9.99 Å². The lowest BCUT2D eigenvalue weighted by molar-refractivity contribution is 0.980. The van der Waals surface area contributed by atoms with Crippen LogP contribution < -0.4 is 5.01 Å². The van der Waals surface area contributed by atoms with Gasteiger partial charge in [0.2, 0.25) is 0 Å². The summed E-state index contributed by atoms with van der Waals surface area (Å²) < 4.78 is 0. The summed E-state index contributed by atoms with van der Waals surface area (Å²) in [5.74, 6) is 0.691. The lowest BCUT2D eigenvalue weighted by Crippen LogP contribution is -2.11. The first kappa shape index (κ1) is 12.2.